The van der Waals surface area contributed by atoms with Crippen LogP contribution in [-0.2, 0) is 19.2 Å². The highest BCUT2D eigenvalue weighted by Crippen LogP contribution is 1.98. The molecule has 0 aromatic rings. The normalized spacial score (nSPS) is 14.6. The van der Waals surface area contributed by atoms with Crippen LogP contribution in [0.4, 0.5) is 0 Å². The van der Waals surface area contributed by atoms with E-state index in [0.29, 0.717) is 0 Å². The molecular formula is C11H20ClN3O6. The van der Waals surface area contributed by atoms with Gasteiger partial charge in [0.15, 0.2) is 0 Å². The predicted octanol–water partition coefficient (Wildman–Crippen LogP) is -1.30. The molecule has 0 unspecified atom stereocenters. The van der Waals surface area contributed by atoms with Crippen LogP contribution in [0.15, 0.2) is 0 Å². The Morgan fingerprint density at radius 2 is 1.86 bits per heavy atom. The van der Waals surface area contributed by atoms with Gasteiger partial charge in [-0.1, -0.05) is 6.92 Å². The van der Waals surface area contributed by atoms with Crippen molar-refractivity contribution >= 4 is 36.2 Å². The Hall–Kier alpha value is -1.87. The molecule has 0 aliphatic carbocycles. The zero-order valence-corrected chi connectivity index (χ0v) is 12.1. The minimum Gasteiger partial charge on any atom is -0.480 e. The van der Waals surface area contributed by atoms with Crippen molar-refractivity contribution < 1.29 is 32.1 Å². The van der Waals surface area contributed by atoms with Gasteiger partial charge in [0.2, 0.25) is 11.8 Å². The Labute approximate surface area is 130 Å². The fourth-order valence-corrected chi connectivity index (χ4v) is 1.23. The first-order valence-corrected chi connectivity index (χ1v) is 5.84. The van der Waals surface area contributed by atoms with Crippen LogP contribution in [0.3, 0.4) is 0 Å². The van der Waals surface area contributed by atoms with Gasteiger partial charge in [0.1, 0.15) is 18.6 Å². The van der Waals surface area contributed by atoms with Crippen LogP contribution in [0.2, 0.25) is 0 Å². The van der Waals surface area contributed by atoms with Gasteiger partial charge in [0.05, 0.1) is 2.74 Å². The van der Waals surface area contributed by atoms with Crippen LogP contribution in [0.1, 0.15) is 28.9 Å². The van der Waals surface area contributed by atoms with Crippen LogP contribution in [0, 0.1) is 0 Å². The van der Waals surface area contributed by atoms with E-state index in [1.807, 2.05) is 0 Å². The molecule has 0 aliphatic heterocycles. The van der Waals surface area contributed by atoms with Crippen molar-refractivity contribution in [2.45, 2.75) is 38.3 Å². The molecule has 122 valence electrons. The number of carboxylic acid groups (broad SMARTS) is 2. The number of carboxylic acids is 2. The van der Waals surface area contributed by atoms with Gasteiger partial charge in [-0.05, 0) is 12.8 Å². The Morgan fingerprint density at radius 1 is 1.29 bits per heavy atom. The number of hydrogen-bond donors (Lipinski definition) is 5. The number of amides is 2. The third-order valence-electron chi connectivity index (χ3n) is 2.35. The number of aliphatic carboxylic acids is 2. The van der Waals surface area contributed by atoms with Gasteiger partial charge in [0.25, 0.3) is 0 Å². The molecule has 0 aromatic carbocycles. The molecule has 2 atom stereocenters. The summed E-state index contributed by atoms with van der Waals surface area (Å²) in [6.07, 6.45) is -0.267. The van der Waals surface area contributed by atoms with Crippen molar-refractivity contribution in [3.8, 4) is 0 Å². The van der Waals surface area contributed by atoms with E-state index >= 15 is 0 Å². The van der Waals surface area contributed by atoms with Crippen molar-refractivity contribution in [2.24, 2.45) is 5.73 Å². The molecule has 0 saturated carbocycles. The number of carbonyl (C=O) groups excluding carboxylic acids is 2. The van der Waals surface area contributed by atoms with Gasteiger partial charge in [-0.25, -0.2) is 0 Å². The maximum atomic E-state index is 11.7. The smallest absolute Gasteiger partial charge is 0.322 e. The molecular weight excluding hydrogens is 308 g/mol. The molecule has 10 heteroatoms. The molecule has 0 saturated heterocycles. The first kappa shape index (κ1) is 17.2. The second-order valence-electron chi connectivity index (χ2n) is 3.93. The fourth-order valence-electron chi connectivity index (χ4n) is 1.23. The number of nitrogens with two attached hydrogens (primary N) is 1. The highest BCUT2D eigenvalue weighted by atomic mass is 35.5. The molecule has 0 aromatic heterocycles. The van der Waals surface area contributed by atoms with Crippen molar-refractivity contribution in [1.82, 2.24) is 10.6 Å². The lowest BCUT2D eigenvalue weighted by Crippen LogP contribution is -2.47. The molecule has 21 heavy (non-hydrogen) atoms. The average Bonchev–Trinajstić information content (AvgIpc) is 2.40. The van der Waals surface area contributed by atoms with Crippen molar-refractivity contribution in [3.63, 3.8) is 0 Å². The molecule has 0 fully saturated rings. The van der Waals surface area contributed by atoms with E-state index in [1.54, 1.807) is 5.32 Å². The summed E-state index contributed by atoms with van der Waals surface area (Å²) in [6, 6.07) is -2.34. The van der Waals surface area contributed by atoms with Crippen molar-refractivity contribution in [2.75, 3.05) is 6.50 Å². The predicted molar refractivity (Wildman–Crippen MR) is 75.0 cm³/mol. The van der Waals surface area contributed by atoms with Gasteiger partial charge in [0, 0.05) is 6.42 Å². The summed E-state index contributed by atoms with van der Waals surface area (Å²) in [5, 5.41) is 21.1. The van der Waals surface area contributed by atoms with Gasteiger partial charge in [-0.3, -0.25) is 19.2 Å². The first-order chi connectivity index (χ1) is 10.0. The largest absolute Gasteiger partial charge is 0.480 e. The average molecular weight is 330 g/mol. The second-order valence-corrected chi connectivity index (χ2v) is 3.93. The second kappa shape index (κ2) is 10.9. The first-order valence-electron chi connectivity index (χ1n) is 6.84. The maximum absolute atomic E-state index is 11.7. The third-order valence-corrected chi connectivity index (χ3v) is 2.35. The minimum atomic E-state index is -2.96. The Balaban J connectivity index is 0. The van der Waals surface area contributed by atoms with E-state index in [0.717, 1.165) is 0 Å². The van der Waals surface area contributed by atoms with Crippen LogP contribution in [-0.4, -0.2) is 52.5 Å². The minimum absolute atomic E-state index is 0. The molecule has 9 nitrogen and oxygen atoms in total. The molecule has 0 radical (unpaired) electrons. The van der Waals surface area contributed by atoms with E-state index in [1.165, 1.54) is 6.92 Å². The summed E-state index contributed by atoms with van der Waals surface area (Å²) in [4.78, 5) is 44.4. The van der Waals surface area contributed by atoms with Gasteiger partial charge < -0.3 is 26.6 Å². The third kappa shape index (κ3) is 9.63. The fraction of sp³-hybridized carbons (Fsp3) is 0.636. The Bertz CT molecular complexity index is 463. The van der Waals surface area contributed by atoms with E-state index < -0.39 is 42.3 Å². The Morgan fingerprint density at radius 3 is 2.29 bits per heavy atom. The summed E-state index contributed by atoms with van der Waals surface area (Å²) < 4.78 is 14.2. The molecule has 0 spiro atoms. The lowest BCUT2D eigenvalue weighted by Gasteiger charge is -2.16. The highest BCUT2D eigenvalue weighted by Gasteiger charge is 2.20. The van der Waals surface area contributed by atoms with Crippen molar-refractivity contribution in [1.29, 1.82) is 0 Å². The molecule has 0 rings (SSSR count). The number of halogens is 1. The number of hydrogen-bond acceptors (Lipinski definition) is 5. The molecule has 0 heterocycles. The Kier molecular flexibility index (Phi) is 8.89. The molecule has 6 N–H and O–H groups in total. The molecule has 0 aliphatic rings. The van der Waals surface area contributed by atoms with Crippen LogP contribution in [0.25, 0.3) is 0 Å². The summed E-state index contributed by atoms with van der Waals surface area (Å²) in [6.45, 7) is -1.43. The van der Waals surface area contributed by atoms with Gasteiger partial charge >= 0.3 is 11.9 Å². The van der Waals surface area contributed by atoms with E-state index in [2.05, 4.69) is 5.32 Å². The lowest BCUT2D eigenvalue weighted by molar-refractivity contribution is -0.139. The van der Waals surface area contributed by atoms with Crippen LogP contribution >= 0.6 is 12.4 Å². The monoisotopic (exact) mass is 329 g/mol. The quantitative estimate of drug-likeness (QED) is 0.328. The zero-order chi connectivity index (χ0) is 17.5. The van der Waals surface area contributed by atoms with Crippen molar-refractivity contribution in [3.05, 3.63) is 0 Å². The van der Waals surface area contributed by atoms with E-state index in [9.17, 15) is 19.2 Å². The maximum Gasteiger partial charge on any atom is 0.322 e. The standard InChI is InChI=1S/C11H19N3O6.ClH/c1-2-7(10(18)13-5-9(16)17)14-8(15)4-3-6(12)11(19)20;/h6-7H,2-5,12H2,1H3,(H,13,18)(H,14,15)(H,16,17)(H,19,20);1H/t6-,7-;/m0./s1/i5+1D2,9+1;. The van der Waals surface area contributed by atoms with Gasteiger partial charge in [-0.15, -0.1) is 12.4 Å². The summed E-state index contributed by atoms with van der Waals surface area (Å²) in [5.74, 6) is -4.76. The summed E-state index contributed by atoms with van der Waals surface area (Å²) >= 11 is 0. The summed E-state index contributed by atoms with van der Waals surface area (Å²) in [7, 11) is 0. The highest BCUT2D eigenvalue weighted by molar-refractivity contribution is 5.89. The molecule has 0 bridgehead atoms. The van der Waals surface area contributed by atoms with E-state index in [-0.39, 0.29) is 31.7 Å². The zero-order valence-electron chi connectivity index (χ0n) is 13.3. The van der Waals surface area contributed by atoms with Gasteiger partial charge in [-0.2, -0.15) is 0 Å². The lowest BCUT2D eigenvalue weighted by atomic mass is 10.1. The van der Waals surface area contributed by atoms with Crippen LogP contribution < -0.4 is 16.4 Å². The van der Waals surface area contributed by atoms with Crippen LogP contribution in [0.5, 0.6) is 0 Å². The summed E-state index contributed by atoms with van der Waals surface area (Å²) in [5.41, 5.74) is 5.23. The topological polar surface area (TPSA) is 159 Å². The SMILES string of the molecule is Cl.[2H][13C]([2H])(NC(=O)[C@H](CC)NC(=O)CC[C@H](N)C(=O)O)[13C](=O)O. The molecule has 2 amide bonds. The number of nitrogens with one attached hydrogen (secondary N) is 2. The number of rotatable bonds is 9. The number of carbonyl (C=O) groups is 4. The van der Waals surface area contributed by atoms with E-state index in [4.69, 9.17) is 18.7 Å².